The van der Waals surface area contributed by atoms with Crippen LogP contribution in [0.5, 0.6) is 0 Å². The summed E-state index contributed by atoms with van der Waals surface area (Å²) in [6, 6.07) is 9.44. The van der Waals surface area contributed by atoms with E-state index in [2.05, 4.69) is 0 Å². The van der Waals surface area contributed by atoms with E-state index in [1.54, 1.807) is 6.92 Å². The number of aliphatic carboxylic acids is 1. The SMILES string of the molecule is CCC1(C(=O)O)CCN(S(=O)(=O)CCc2ccccc2)C1. The van der Waals surface area contributed by atoms with Crippen molar-refractivity contribution in [3.8, 4) is 0 Å². The normalized spacial score (nSPS) is 23.3. The molecule has 1 aromatic rings. The number of hydrogen-bond acceptors (Lipinski definition) is 3. The van der Waals surface area contributed by atoms with Gasteiger partial charge in [0.05, 0.1) is 11.2 Å². The standard InChI is InChI=1S/C15H21NO4S/c1-2-15(14(17)18)9-10-16(12-15)21(19,20)11-8-13-6-4-3-5-7-13/h3-7H,2,8-12H2,1H3,(H,17,18). The van der Waals surface area contributed by atoms with Gasteiger partial charge in [-0.15, -0.1) is 0 Å². The summed E-state index contributed by atoms with van der Waals surface area (Å²) in [5.41, 5.74) is 0.0556. The van der Waals surface area contributed by atoms with Gasteiger partial charge in [-0.3, -0.25) is 4.79 Å². The molecule has 0 aliphatic carbocycles. The van der Waals surface area contributed by atoms with Crippen LogP contribution >= 0.6 is 0 Å². The van der Waals surface area contributed by atoms with Gasteiger partial charge in [0.1, 0.15) is 0 Å². The van der Waals surface area contributed by atoms with Gasteiger partial charge >= 0.3 is 5.97 Å². The van der Waals surface area contributed by atoms with Gasteiger partial charge in [0, 0.05) is 13.1 Å². The first kappa shape index (κ1) is 16.0. The minimum Gasteiger partial charge on any atom is -0.481 e. The van der Waals surface area contributed by atoms with E-state index in [9.17, 15) is 18.3 Å². The predicted molar refractivity (Wildman–Crippen MR) is 80.5 cm³/mol. The first-order valence-corrected chi connectivity index (χ1v) is 8.76. The van der Waals surface area contributed by atoms with Crippen LogP contribution in [0.4, 0.5) is 0 Å². The molecule has 0 saturated carbocycles. The molecular formula is C15H21NO4S. The van der Waals surface area contributed by atoms with Crippen molar-refractivity contribution in [3.63, 3.8) is 0 Å². The van der Waals surface area contributed by atoms with Crippen molar-refractivity contribution in [2.24, 2.45) is 5.41 Å². The van der Waals surface area contributed by atoms with Gasteiger partial charge in [0.15, 0.2) is 0 Å². The molecule has 0 aromatic heterocycles. The van der Waals surface area contributed by atoms with Crippen molar-refractivity contribution >= 4 is 16.0 Å². The van der Waals surface area contributed by atoms with Crippen LogP contribution < -0.4 is 0 Å². The van der Waals surface area contributed by atoms with Crippen LogP contribution in [0, 0.1) is 5.41 Å². The smallest absolute Gasteiger partial charge is 0.311 e. The van der Waals surface area contributed by atoms with Crippen LogP contribution in [0.25, 0.3) is 0 Å². The lowest BCUT2D eigenvalue weighted by atomic mass is 9.85. The topological polar surface area (TPSA) is 74.7 Å². The summed E-state index contributed by atoms with van der Waals surface area (Å²) in [7, 11) is -3.40. The van der Waals surface area contributed by atoms with Crippen LogP contribution in [0.15, 0.2) is 30.3 Å². The molecule has 6 heteroatoms. The van der Waals surface area contributed by atoms with E-state index in [1.165, 1.54) is 4.31 Å². The quantitative estimate of drug-likeness (QED) is 0.868. The highest BCUT2D eigenvalue weighted by atomic mass is 32.2. The zero-order valence-electron chi connectivity index (χ0n) is 12.2. The molecule has 1 aliphatic heterocycles. The third-order valence-electron chi connectivity index (χ3n) is 4.33. The van der Waals surface area contributed by atoms with Crippen molar-refractivity contribution in [3.05, 3.63) is 35.9 Å². The largest absolute Gasteiger partial charge is 0.481 e. The number of benzene rings is 1. The van der Waals surface area contributed by atoms with Gasteiger partial charge in [-0.25, -0.2) is 12.7 Å². The molecule has 0 spiro atoms. The molecule has 1 N–H and O–H groups in total. The first-order valence-electron chi connectivity index (χ1n) is 7.15. The summed E-state index contributed by atoms with van der Waals surface area (Å²) in [6.45, 7) is 2.20. The van der Waals surface area contributed by atoms with Crippen LogP contribution in [-0.2, 0) is 21.2 Å². The number of carbonyl (C=O) groups is 1. The van der Waals surface area contributed by atoms with Crippen molar-refractivity contribution < 1.29 is 18.3 Å². The summed E-state index contributed by atoms with van der Waals surface area (Å²) < 4.78 is 26.1. The Morgan fingerprint density at radius 3 is 2.52 bits per heavy atom. The van der Waals surface area contributed by atoms with Gasteiger partial charge in [0.2, 0.25) is 10.0 Å². The molecule has 1 heterocycles. The van der Waals surface area contributed by atoms with Gasteiger partial charge < -0.3 is 5.11 Å². The highest BCUT2D eigenvalue weighted by Gasteiger charge is 2.46. The zero-order valence-corrected chi connectivity index (χ0v) is 13.0. The van der Waals surface area contributed by atoms with Crippen LogP contribution in [-0.4, -0.2) is 42.6 Å². The molecule has 1 fully saturated rings. The highest BCUT2D eigenvalue weighted by Crippen LogP contribution is 2.35. The van der Waals surface area contributed by atoms with Crippen LogP contribution in [0.1, 0.15) is 25.3 Å². The molecule has 0 amide bonds. The molecule has 1 aliphatic rings. The van der Waals surface area contributed by atoms with Crippen molar-refractivity contribution in [2.45, 2.75) is 26.2 Å². The fourth-order valence-electron chi connectivity index (χ4n) is 2.71. The van der Waals surface area contributed by atoms with E-state index in [0.29, 0.717) is 25.8 Å². The second-order valence-electron chi connectivity index (χ2n) is 5.57. The fourth-order valence-corrected chi connectivity index (χ4v) is 4.27. The monoisotopic (exact) mass is 311 g/mol. The Bertz CT molecular complexity index is 599. The van der Waals surface area contributed by atoms with Crippen LogP contribution in [0.2, 0.25) is 0 Å². The number of carboxylic acids is 1. The maximum atomic E-state index is 12.4. The van der Waals surface area contributed by atoms with E-state index < -0.39 is 21.4 Å². The first-order chi connectivity index (χ1) is 9.89. The Balaban J connectivity index is 2.03. The maximum absolute atomic E-state index is 12.4. The zero-order chi connectivity index (χ0) is 15.5. The maximum Gasteiger partial charge on any atom is 0.311 e. The summed E-state index contributed by atoms with van der Waals surface area (Å²) in [4.78, 5) is 11.4. The molecule has 21 heavy (non-hydrogen) atoms. The molecule has 0 bridgehead atoms. The van der Waals surface area contributed by atoms with E-state index in [4.69, 9.17) is 0 Å². The van der Waals surface area contributed by atoms with E-state index in [-0.39, 0.29) is 12.3 Å². The lowest BCUT2D eigenvalue weighted by Gasteiger charge is -2.22. The van der Waals surface area contributed by atoms with Crippen molar-refractivity contribution in [2.75, 3.05) is 18.8 Å². The summed E-state index contributed by atoms with van der Waals surface area (Å²) >= 11 is 0. The number of aryl methyl sites for hydroxylation is 1. The molecule has 116 valence electrons. The molecule has 1 aromatic carbocycles. The molecule has 1 saturated heterocycles. The average molecular weight is 311 g/mol. The lowest BCUT2D eigenvalue weighted by Crippen LogP contribution is -2.37. The number of rotatable bonds is 6. The minimum absolute atomic E-state index is 0.0242. The van der Waals surface area contributed by atoms with Crippen molar-refractivity contribution in [1.29, 1.82) is 0 Å². The Hall–Kier alpha value is -1.40. The average Bonchev–Trinajstić information content (AvgIpc) is 2.93. The second-order valence-corrected chi connectivity index (χ2v) is 7.66. The van der Waals surface area contributed by atoms with E-state index >= 15 is 0 Å². The molecule has 1 unspecified atom stereocenters. The third kappa shape index (κ3) is 3.44. The number of nitrogens with zero attached hydrogens (tertiary/aromatic N) is 1. The Kier molecular flexibility index (Phi) is 4.68. The number of carboxylic acid groups (broad SMARTS) is 1. The van der Waals surface area contributed by atoms with Crippen molar-refractivity contribution in [1.82, 2.24) is 4.31 Å². The molecule has 2 rings (SSSR count). The third-order valence-corrected chi connectivity index (χ3v) is 6.15. The van der Waals surface area contributed by atoms with Gasteiger partial charge in [-0.05, 0) is 24.8 Å². The second kappa shape index (κ2) is 6.15. The van der Waals surface area contributed by atoms with E-state index in [0.717, 1.165) is 5.56 Å². The number of sulfonamides is 1. The summed E-state index contributed by atoms with van der Waals surface area (Å²) in [5.74, 6) is -0.873. The fraction of sp³-hybridized carbons (Fsp3) is 0.533. The van der Waals surface area contributed by atoms with Gasteiger partial charge in [-0.1, -0.05) is 37.3 Å². The minimum atomic E-state index is -3.40. The molecule has 0 radical (unpaired) electrons. The molecule has 5 nitrogen and oxygen atoms in total. The van der Waals surface area contributed by atoms with Gasteiger partial charge in [0.25, 0.3) is 0 Å². The molecule has 1 atom stereocenters. The Labute approximate surface area is 125 Å². The Morgan fingerprint density at radius 1 is 1.33 bits per heavy atom. The van der Waals surface area contributed by atoms with Crippen LogP contribution in [0.3, 0.4) is 0 Å². The summed E-state index contributed by atoms with van der Waals surface area (Å²) in [5, 5.41) is 9.33. The number of hydrogen-bond donors (Lipinski definition) is 1. The van der Waals surface area contributed by atoms with Gasteiger partial charge in [-0.2, -0.15) is 0 Å². The molecular weight excluding hydrogens is 290 g/mol. The van der Waals surface area contributed by atoms with E-state index in [1.807, 2.05) is 30.3 Å². The predicted octanol–water partition coefficient (Wildman–Crippen LogP) is 1.75. The lowest BCUT2D eigenvalue weighted by molar-refractivity contribution is -0.148. The highest BCUT2D eigenvalue weighted by molar-refractivity contribution is 7.89. The Morgan fingerprint density at radius 2 is 2.00 bits per heavy atom. The summed E-state index contributed by atoms with van der Waals surface area (Å²) in [6.07, 6.45) is 1.29.